The van der Waals surface area contributed by atoms with Gasteiger partial charge in [-0.2, -0.15) is 0 Å². The van der Waals surface area contributed by atoms with Gasteiger partial charge < -0.3 is 10.1 Å². The second kappa shape index (κ2) is 6.99. The minimum atomic E-state index is -0.356. The van der Waals surface area contributed by atoms with Crippen molar-refractivity contribution >= 4 is 23.2 Å². The number of aromatic nitrogens is 1. The van der Waals surface area contributed by atoms with Crippen LogP contribution in [0.5, 0.6) is 0 Å². The van der Waals surface area contributed by atoms with Crippen LogP contribution >= 0.6 is 11.3 Å². The summed E-state index contributed by atoms with van der Waals surface area (Å²) in [6.07, 6.45) is 0.137. The lowest BCUT2D eigenvalue weighted by atomic mass is 10.2. The molecule has 2 rings (SSSR count). The van der Waals surface area contributed by atoms with E-state index in [-0.39, 0.29) is 24.3 Å². The van der Waals surface area contributed by atoms with Gasteiger partial charge >= 0.3 is 5.97 Å². The summed E-state index contributed by atoms with van der Waals surface area (Å²) < 4.78 is 4.57. The van der Waals surface area contributed by atoms with Gasteiger partial charge in [0.25, 0.3) is 5.91 Å². The zero-order chi connectivity index (χ0) is 15.2. The van der Waals surface area contributed by atoms with E-state index in [0.717, 1.165) is 10.6 Å². The van der Waals surface area contributed by atoms with Crippen molar-refractivity contribution in [1.82, 2.24) is 10.3 Å². The van der Waals surface area contributed by atoms with E-state index in [1.807, 2.05) is 30.3 Å². The summed E-state index contributed by atoms with van der Waals surface area (Å²) in [5.41, 5.74) is 1.33. The van der Waals surface area contributed by atoms with Gasteiger partial charge in [0.2, 0.25) is 0 Å². The van der Waals surface area contributed by atoms with E-state index in [1.54, 1.807) is 12.3 Å². The predicted molar refractivity (Wildman–Crippen MR) is 81.1 cm³/mol. The molecule has 1 heterocycles. The number of rotatable bonds is 5. The number of hydrogen-bond acceptors (Lipinski definition) is 5. The lowest BCUT2D eigenvalue weighted by molar-refractivity contribution is -0.141. The maximum atomic E-state index is 12.1. The van der Waals surface area contributed by atoms with E-state index < -0.39 is 0 Å². The number of nitrogens with one attached hydrogen (secondary N) is 1. The maximum Gasteiger partial charge on any atom is 0.307 e. The van der Waals surface area contributed by atoms with Crippen molar-refractivity contribution < 1.29 is 14.3 Å². The topological polar surface area (TPSA) is 68.3 Å². The normalized spacial score (nSPS) is 11.7. The number of nitrogens with zero attached hydrogens (tertiary/aromatic N) is 1. The minimum absolute atomic E-state index is 0.137. The Kier molecular flexibility index (Phi) is 5.05. The van der Waals surface area contributed by atoms with Gasteiger partial charge in [-0.25, -0.2) is 4.98 Å². The van der Waals surface area contributed by atoms with Crippen LogP contribution in [0.2, 0.25) is 0 Å². The molecule has 5 nitrogen and oxygen atoms in total. The molecule has 1 N–H and O–H groups in total. The molecule has 1 unspecified atom stereocenters. The average Bonchev–Trinajstić information content (AvgIpc) is 2.97. The smallest absolute Gasteiger partial charge is 0.307 e. The molecule has 0 spiro atoms. The lowest BCUT2D eigenvalue weighted by Gasteiger charge is -2.11. The van der Waals surface area contributed by atoms with Gasteiger partial charge in [0.15, 0.2) is 0 Å². The Morgan fingerprint density at radius 3 is 2.71 bits per heavy atom. The first kappa shape index (κ1) is 15.2. The van der Waals surface area contributed by atoms with Crippen molar-refractivity contribution in [3.63, 3.8) is 0 Å². The summed E-state index contributed by atoms with van der Waals surface area (Å²) in [5, 5.41) is 5.23. The van der Waals surface area contributed by atoms with Gasteiger partial charge in [-0.05, 0) is 6.92 Å². The summed E-state index contributed by atoms with van der Waals surface area (Å²) in [5.74, 6) is -0.643. The summed E-state index contributed by atoms with van der Waals surface area (Å²) in [6.45, 7) is 1.75. The van der Waals surface area contributed by atoms with E-state index in [9.17, 15) is 9.59 Å². The average molecular weight is 304 g/mol. The summed E-state index contributed by atoms with van der Waals surface area (Å²) in [6, 6.07) is 9.37. The second-order valence-corrected chi connectivity index (χ2v) is 5.42. The Bertz CT molecular complexity index is 625. The van der Waals surface area contributed by atoms with Crippen LogP contribution in [0.4, 0.5) is 0 Å². The van der Waals surface area contributed by atoms with Gasteiger partial charge in [-0.1, -0.05) is 30.3 Å². The monoisotopic (exact) mass is 304 g/mol. The van der Waals surface area contributed by atoms with Crippen molar-refractivity contribution in [2.75, 3.05) is 7.11 Å². The number of ether oxygens (including phenoxy) is 1. The number of hydrogen-bond donors (Lipinski definition) is 1. The number of thiazole rings is 1. The Morgan fingerprint density at radius 2 is 2.05 bits per heavy atom. The van der Waals surface area contributed by atoms with Crippen LogP contribution in [-0.2, 0) is 9.53 Å². The lowest BCUT2D eigenvalue weighted by Crippen LogP contribution is -2.34. The van der Waals surface area contributed by atoms with Crippen LogP contribution in [-0.4, -0.2) is 30.0 Å². The number of carbonyl (C=O) groups excluding carboxylic acids is 2. The van der Waals surface area contributed by atoms with Crippen molar-refractivity contribution in [2.24, 2.45) is 0 Å². The summed E-state index contributed by atoms with van der Waals surface area (Å²) >= 11 is 1.41. The maximum absolute atomic E-state index is 12.1. The second-order valence-electron chi connectivity index (χ2n) is 4.56. The first-order chi connectivity index (χ1) is 10.1. The zero-order valence-corrected chi connectivity index (χ0v) is 12.6. The van der Waals surface area contributed by atoms with E-state index in [2.05, 4.69) is 15.0 Å². The van der Waals surface area contributed by atoms with Crippen LogP contribution in [0.3, 0.4) is 0 Å². The van der Waals surface area contributed by atoms with E-state index in [4.69, 9.17) is 0 Å². The van der Waals surface area contributed by atoms with Gasteiger partial charge in [0, 0.05) is 17.0 Å². The molecule has 0 saturated heterocycles. The third kappa shape index (κ3) is 4.13. The highest BCUT2D eigenvalue weighted by atomic mass is 32.1. The largest absolute Gasteiger partial charge is 0.469 e. The molecule has 1 amide bonds. The molecule has 2 aromatic rings. The summed E-state index contributed by atoms with van der Waals surface area (Å²) in [4.78, 5) is 27.5. The Hall–Kier alpha value is -2.21. The van der Waals surface area contributed by atoms with Gasteiger partial charge in [0.05, 0.1) is 13.5 Å². The van der Waals surface area contributed by atoms with Crippen molar-refractivity contribution in [3.05, 3.63) is 41.4 Å². The molecule has 1 aromatic carbocycles. The first-order valence-electron chi connectivity index (χ1n) is 6.48. The molecule has 21 heavy (non-hydrogen) atoms. The van der Waals surface area contributed by atoms with Crippen LogP contribution in [0.25, 0.3) is 10.6 Å². The summed E-state index contributed by atoms with van der Waals surface area (Å²) in [7, 11) is 1.32. The van der Waals surface area contributed by atoms with E-state index >= 15 is 0 Å². The number of carbonyl (C=O) groups is 2. The molecule has 110 valence electrons. The van der Waals surface area contributed by atoms with Crippen LogP contribution in [0.1, 0.15) is 23.8 Å². The fraction of sp³-hybridized carbons (Fsp3) is 0.267. The van der Waals surface area contributed by atoms with Crippen LogP contribution in [0, 0.1) is 0 Å². The van der Waals surface area contributed by atoms with Gasteiger partial charge in [0.1, 0.15) is 10.7 Å². The number of methoxy groups -OCH3 is 1. The molecule has 0 radical (unpaired) electrons. The molecule has 1 atom stereocenters. The molecule has 0 fully saturated rings. The predicted octanol–water partition coefficient (Wildman–Crippen LogP) is 2.49. The van der Waals surface area contributed by atoms with Crippen molar-refractivity contribution in [3.8, 4) is 10.6 Å². The molecule has 0 bridgehead atoms. The molecule has 0 saturated carbocycles. The number of benzene rings is 1. The highest BCUT2D eigenvalue weighted by Crippen LogP contribution is 2.23. The molecule has 0 aliphatic rings. The highest BCUT2D eigenvalue weighted by Gasteiger charge is 2.16. The molecular weight excluding hydrogens is 288 g/mol. The molecule has 0 aliphatic carbocycles. The van der Waals surface area contributed by atoms with Gasteiger partial charge in [-0.15, -0.1) is 11.3 Å². The third-order valence-electron chi connectivity index (χ3n) is 2.84. The zero-order valence-electron chi connectivity index (χ0n) is 11.8. The standard InChI is InChI=1S/C15H16N2O3S/c1-10(8-13(18)20-2)16-14(19)12-9-21-15(17-12)11-6-4-3-5-7-11/h3-7,9-10H,8H2,1-2H3,(H,16,19). The Morgan fingerprint density at radius 1 is 1.33 bits per heavy atom. The van der Waals surface area contributed by atoms with E-state index in [1.165, 1.54) is 18.4 Å². The third-order valence-corrected chi connectivity index (χ3v) is 3.73. The van der Waals surface area contributed by atoms with Crippen molar-refractivity contribution in [2.45, 2.75) is 19.4 Å². The molecular formula is C15H16N2O3S. The van der Waals surface area contributed by atoms with Crippen LogP contribution < -0.4 is 5.32 Å². The molecule has 0 aliphatic heterocycles. The Labute approximate surface area is 127 Å². The van der Waals surface area contributed by atoms with Gasteiger partial charge in [-0.3, -0.25) is 9.59 Å². The van der Waals surface area contributed by atoms with E-state index in [0.29, 0.717) is 5.69 Å². The Balaban J connectivity index is 2.01. The quantitative estimate of drug-likeness (QED) is 0.862. The van der Waals surface area contributed by atoms with Crippen LogP contribution in [0.15, 0.2) is 35.7 Å². The van der Waals surface area contributed by atoms with Crippen molar-refractivity contribution in [1.29, 1.82) is 0 Å². The highest BCUT2D eigenvalue weighted by molar-refractivity contribution is 7.13. The molecule has 1 aromatic heterocycles. The minimum Gasteiger partial charge on any atom is -0.469 e. The fourth-order valence-corrected chi connectivity index (χ4v) is 2.58. The molecule has 6 heteroatoms. The number of amides is 1. The first-order valence-corrected chi connectivity index (χ1v) is 7.36. The fourth-order valence-electron chi connectivity index (χ4n) is 1.77. The SMILES string of the molecule is COC(=O)CC(C)NC(=O)c1csc(-c2ccccc2)n1. The number of esters is 1.